The van der Waals surface area contributed by atoms with Gasteiger partial charge in [-0.3, -0.25) is 14.9 Å². The van der Waals surface area contributed by atoms with Gasteiger partial charge in [-0.1, -0.05) is 56.8 Å². The molecule has 0 unspecified atom stereocenters. The smallest absolute Gasteiger partial charge is 0.335 e. The summed E-state index contributed by atoms with van der Waals surface area (Å²) in [6, 6.07) is 12.5. The Bertz CT molecular complexity index is 1490. The summed E-state index contributed by atoms with van der Waals surface area (Å²) in [6.45, 7) is 4.00. The van der Waals surface area contributed by atoms with Crippen molar-refractivity contribution in [1.82, 2.24) is 5.32 Å². The fraction of sp³-hybridized carbons (Fsp3) is 0.148. The predicted molar refractivity (Wildman–Crippen MR) is 151 cm³/mol. The number of amides is 4. The molecule has 3 aromatic carbocycles. The average molecular weight is 639 g/mol. The second kappa shape index (κ2) is 11.8. The Hall–Kier alpha value is -3.04. The van der Waals surface area contributed by atoms with Crippen molar-refractivity contribution in [1.29, 1.82) is 0 Å². The second-order valence-electron chi connectivity index (χ2n) is 8.19. The van der Waals surface area contributed by atoms with Crippen molar-refractivity contribution in [2.24, 2.45) is 0 Å². The van der Waals surface area contributed by atoms with Gasteiger partial charge >= 0.3 is 6.03 Å². The van der Waals surface area contributed by atoms with E-state index in [-0.39, 0.29) is 23.0 Å². The highest BCUT2D eigenvalue weighted by Crippen LogP contribution is 2.38. The molecule has 1 N–H and O–H groups in total. The summed E-state index contributed by atoms with van der Waals surface area (Å²) >= 11 is 22.0. The minimum atomic E-state index is -0.832. The molecule has 196 valence electrons. The third-order valence-corrected chi connectivity index (χ3v) is 7.02. The van der Waals surface area contributed by atoms with E-state index >= 15 is 0 Å². The van der Waals surface area contributed by atoms with E-state index in [1.807, 2.05) is 0 Å². The highest BCUT2D eigenvalue weighted by atomic mass is 79.9. The molecule has 1 fully saturated rings. The number of hydrogen-bond acceptors (Lipinski definition) is 5. The molecule has 0 spiro atoms. The van der Waals surface area contributed by atoms with E-state index in [1.165, 1.54) is 12.1 Å². The number of carbonyl (C=O) groups is 3. The van der Waals surface area contributed by atoms with Gasteiger partial charge in [0.25, 0.3) is 11.8 Å². The number of carbonyl (C=O) groups excluding carboxylic acids is 3. The number of aryl methyl sites for hydroxylation is 1. The molecule has 0 aromatic heterocycles. The zero-order valence-corrected chi connectivity index (χ0v) is 24.0. The highest BCUT2D eigenvalue weighted by Gasteiger charge is 2.37. The monoisotopic (exact) mass is 636 g/mol. The number of nitrogens with one attached hydrogen (secondary N) is 1. The topological polar surface area (TPSA) is 84.9 Å². The number of nitrogens with zero attached hydrogens (tertiary/aromatic N) is 1. The van der Waals surface area contributed by atoms with E-state index < -0.39 is 17.8 Å². The Kier molecular flexibility index (Phi) is 8.67. The number of anilines is 1. The number of rotatable bonds is 7. The number of halogens is 4. The van der Waals surface area contributed by atoms with E-state index in [9.17, 15) is 14.4 Å². The van der Waals surface area contributed by atoms with Gasteiger partial charge in [-0.25, -0.2) is 9.69 Å². The number of benzene rings is 3. The van der Waals surface area contributed by atoms with Gasteiger partial charge in [-0.15, -0.1) is 0 Å². The first-order valence-electron chi connectivity index (χ1n) is 11.3. The van der Waals surface area contributed by atoms with Gasteiger partial charge in [-0.2, -0.15) is 0 Å². The van der Waals surface area contributed by atoms with Crippen LogP contribution in [-0.2, 0) is 16.2 Å². The molecule has 0 radical (unpaired) electrons. The molecule has 11 heteroatoms. The summed E-state index contributed by atoms with van der Waals surface area (Å²) in [5, 5.41) is 3.24. The first kappa shape index (κ1) is 28.0. The molecule has 0 atom stereocenters. The first-order chi connectivity index (χ1) is 18.1. The van der Waals surface area contributed by atoms with Crippen LogP contribution in [0.4, 0.5) is 10.5 Å². The molecule has 4 amide bonds. The Labute approximate surface area is 242 Å². The number of imide groups is 2. The maximum Gasteiger partial charge on any atom is 0.335 e. The quantitative estimate of drug-likeness (QED) is 0.216. The molecule has 1 heterocycles. The summed E-state index contributed by atoms with van der Waals surface area (Å²) in [7, 11) is 0. The van der Waals surface area contributed by atoms with Gasteiger partial charge in [0.15, 0.2) is 11.5 Å². The Morgan fingerprint density at radius 3 is 2.39 bits per heavy atom. The summed E-state index contributed by atoms with van der Waals surface area (Å²) in [5.41, 5.74) is 1.95. The fourth-order valence-corrected chi connectivity index (χ4v) is 4.84. The van der Waals surface area contributed by atoms with Crippen molar-refractivity contribution in [2.45, 2.75) is 20.5 Å². The van der Waals surface area contributed by atoms with E-state index in [2.05, 4.69) is 21.2 Å². The number of ether oxygens (including phenoxy) is 2. The van der Waals surface area contributed by atoms with Gasteiger partial charge in [0.1, 0.15) is 12.2 Å². The van der Waals surface area contributed by atoms with Crippen molar-refractivity contribution in [2.75, 3.05) is 11.5 Å². The SMILES string of the molecule is CCOc1cc(/C=C2/C(=O)NC(=O)N(c3ccc(Br)cc3C)C2=O)cc(Cl)c1OCc1ccc(Cl)c(Cl)c1. The summed E-state index contributed by atoms with van der Waals surface area (Å²) in [5.74, 6) is -0.992. The van der Waals surface area contributed by atoms with Gasteiger partial charge in [0.05, 0.1) is 27.4 Å². The molecule has 0 aliphatic carbocycles. The molecule has 4 rings (SSSR count). The fourth-order valence-electron chi connectivity index (χ4n) is 3.77. The molecule has 0 bridgehead atoms. The lowest BCUT2D eigenvalue weighted by atomic mass is 10.1. The molecule has 3 aromatic rings. The van der Waals surface area contributed by atoms with Gasteiger partial charge in [0.2, 0.25) is 0 Å². The van der Waals surface area contributed by atoms with Crippen LogP contribution in [0.2, 0.25) is 15.1 Å². The zero-order chi connectivity index (χ0) is 27.6. The van der Waals surface area contributed by atoms with Crippen LogP contribution in [0.1, 0.15) is 23.6 Å². The summed E-state index contributed by atoms with van der Waals surface area (Å²) < 4.78 is 12.4. The Morgan fingerprint density at radius 2 is 1.71 bits per heavy atom. The van der Waals surface area contributed by atoms with Crippen molar-refractivity contribution < 1.29 is 23.9 Å². The molecular formula is C27H20BrCl3N2O5. The maximum atomic E-state index is 13.3. The van der Waals surface area contributed by atoms with E-state index in [0.717, 1.165) is 14.9 Å². The Morgan fingerprint density at radius 1 is 0.947 bits per heavy atom. The zero-order valence-electron chi connectivity index (χ0n) is 20.1. The molecule has 1 aliphatic rings. The number of barbiturate groups is 1. The van der Waals surface area contributed by atoms with E-state index in [1.54, 1.807) is 56.3 Å². The molecule has 7 nitrogen and oxygen atoms in total. The molecular weight excluding hydrogens is 619 g/mol. The van der Waals surface area contributed by atoms with Crippen molar-refractivity contribution in [3.63, 3.8) is 0 Å². The lowest BCUT2D eigenvalue weighted by molar-refractivity contribution is -0.122. The maximum absolute atomic E-state index is 13.3. The number of hydrogen-bond donors (Lipinski definition) is 1. The lowest BCUT2D eigenvalue weighted by Crippen LogP contribution is -2.54. The first-order valence-corrected chi connectivity index (χ1v) is 13.2. The normalized spacial score (nSPS) is 14.6. The highest BCUT2D eigenvalue weighted by molar-refractivity contribution is 9.10. The molecule has 0 saturated carbocycles. The van der Waals surface area contributed by atoms with Gasteiger partial charge < -0.3 is 9.47 Å². The lowest BCUT2D eigenvalue weighted by Gasteiger charge is -2.27. The Balaban J connectivity index is 1.67. The van der Waals surface area contributed by atoms with Crippen LogP contribution in [0, 0.1) is 6.92 Å². The second-order valence-corrected chi connectivity index (χ2v) is 10.3. The molecule has 1 saturated heterocycles. The minimum Gasteiger partial charge on any atom is -0.490 e. The summed E-state index contributed by atoms with van der Waals surface area (Å²) in [6.07, 6.45) is 1.35. The van der Waals surface area contributed by atoms with Crippen LogP contribution in [0.5, 0.6) is 11.5 Å². The standard InChI is InChI=1S/C27H20BrCl3N2O5/c1-3-37-23-12-16(11-21(31)24(23)38-13-15-4-6-19(29)20(30)10-15)9-18-25(34)32-27(36)33(26(18)35)22-7-5-17(28)8-14(22)2/h4-12H,3,13H2,1-2H3,(H,32,34,36)/b18-9-. The molecule has 38 heavy (non-hydrogen) atoms. The molecule has 1 aliphatic heterocycles. The van der Waals surface area contributed by atoms with Gasteiger partial charge in [0, 0.05) is 4.47 Å². The van der Waals surface area contributed by atoms with Crippen LogP contribution in [0.15, 0.2) is 58.6 Å². The third-order valence-electron chi connectivity index (χ3n) is 5.51. The van der Waals surface area contributed by atoms with Crippen LogP contribution < -0.4 is 19.7 Å². The predicted octanol–water partition coefficient (Wildman–Crippen LogP) is 7.36. The average Bonchev–Trinajstić information content (AvgIpc) is 2.85. The minimum absolute atomic E-state index is 0.140. The van der Waals surface area contributed by atoms with Crippen molar-refractivity contribution >= 4 is 80.3 Å². The largest absolute Gasteiger partial charge is 0.490 e. The van der Waals surface area contributed by atoms with Crippen LogP contribution >= 0.6 is 50.7 Å². The number of urea groups is 1. The van der Waals surface area contributed by atoms with Crippen LogP contribution in [0.25, 0.3) is 6.08 Å². The van der Waals surface area contributed by atoms with E-state index in [4.69, 9.17) is 44.3 Å². The third kappa shape index (κ3) is 5.99. The van der Waals surface area contributed by atoms with Crippen LogP contribution in [-0.4, -0.2) is 24.5 Å². The van der Waals surface area contributed by atoms with Crippen molar-refractivity contribution in [3.8, 4) is 11.5 Å². The van der Waals surface area contributed by atoms with Crippen molar-refractivity contribution in [3.05, 3.63) is 90.3 Å². The van der Waals surface area contributed by atoms with E-state index in [0.29, 0.717) is 39.2 Å². The van der Waals surface area contributed by atoms with Crippen LogP contribution in [0.3, 0.4) is 0 Å². The van der Waals surface area contributed by atoms with Gasteiger partial charge in [-0.05, 0) is 79.1 Å². The summed E-state index contributed by atoms with van der Waals surface area (Å²) in [4.78, 5) is 39.5.